The maximum absolute atomic E-state index is 13.5. The zero-order valence-electron chi connectivity index (χ0n) is 14.0. The molecule has 1 aromatic heterocycles. The van der Waals surface area contributed by atoms with Gasteiger partial charge < -0.3 is 5.32 Å². The van der Waals surface area contributed by atoms with Gasteiger partial charge in [0, 0.05) is 11.4 Å². The van der Waals surface area contributed by atoms with Gasteiger partial charge in [0.1, 0.15) is 5.82 Å². The van der Waals surface area contributed by atoms with Gasteiger partial charge in [0.2, 0.25) is 5.91 Å². The molecule has 24 heavy (non-hydrogen) atoms. The van der Waals surface area contributed by atoms with Crippen molar-refractivity contribution in [2.75, 3.05) is 11.1 Å². The molecular weight excluding hydrogens is 365 g/mol. The molecule has 0 aliphatic rings. The highest BCUT2D eigenvalue weighted by Crippen LogP contribution is 2.32. The first kappa shape index (κ1) is 19.2. The van der Waals surface area contributed by atoms with Gasteiger partial charge in [-0.1, -0.05) is 54.8 Å². The van der Waals surface area contributed by atoms with Crippen LogP contribution in [0.4, 0.5) is 10.1 Å². The zero-order valence-corrected chi connectivity index (χ0v) is 16.4. The van der Waals surface area contributed by atoms with Crippen molar-refractivity contribution in [1.82, 2.24) is 10.2 Å². The van der Waals surface area contributed by atoms with Gasteiger partial charge in [-0.3, -0.25) is 4.79 Å². The average molecular weight is 386 g/mol. The highest BCUT2D eigenvalue weighted by atomic mass is 32.2. The maximum Gasteiger partial charge on any atom is 0.237 e. The molecule has 0 saturated carbocycles. The molecule has 0 unspecified atom stereocenters. The Hall–Kier alpha value is -1.12. The summed E-state index contributed by atoms with van der Waals surface area (Å²) in [6, 6.07) is 4.67. The van der Waals surface area contributed by atoms with E-state index in [1.54, 1.807) is 37.7 Å². The normalized spacial score (nSPS) is 12.4. The van der Waals surface area contributed by atoms with Crippen LogP contribution in [0.15, 0.2) is 26.9 Å². The van der Waals surface area contributed by atoms with Crippen molar-refractivity contribution in [3.63, 3.8) is 0 Å². The average Bonchev–Trinajstić information content (AvgIpc) is 2.96. The van der Waals surface area contributed by atoms with Crippen molar-refractivity contribution >= 4 is 46.5 Å². The number of nitrogens with one attached hydrogen (secondary N) is 1. The van der Waals surface area contributed by atoms with Gasteiger partial charge in [0.25, 0.3) is 0 Å². The fourth-order valence-corrected chi connectivity index (χ4v) is 4.80. The predicted molar refractivity (Wildman–Crippen MR) is 101 cm³/mol. The van der Waals surface area contributed by atoms with Gasteiger partial charge in [-0.05, 0) is 37.5 Å². The largest absolute Gasteiger partial charge is 0.325 e. The van der Waals surface area contributed by atoms with E-state index in [1.807, 2.05) is 0 Å². The van der Waals surface area contributed by atoms with Crippen LogP contribution in [0.2, 0.25) is 0 Å². The number of aryl methyl sites for hydroxylation is 1. The van der Waals surface area contributed by atoms with E-state index in [-0.39, 0.29) is 17.0 Å². The van der Waals surface area contributed by atoms with Crippen LogP contribution in [0.25, 0.3) is 0 Å². The lowest BCUT2D eigenvalue weighted by Gasteiger charge is -2.10. The molecule has 4 nitrogen and oxygen atoms in total. The van der Waals surface area contributed by atoms with E-state index in [4.69, 9.17) is 0 Å². The van der Waals surface area contributed by atoms with Crippen LogP contribution in [0.3, 0.4) is 0 Å². The molecule has 130 valence electrons. The lowest BCUT2D eigenvalue weighted by atomic mass is 10.2. The van der Waals surface area contributed by atoms with E-state index in [0.29, 0.717) is 17.2 Å². The number of amides is 1. The van der Waals surface area contributed by atoms with Gasteiger partial charge in [0.15, 0.2) is 8.68 Å². The van der Waals surface area contributed by atoms with Crippen molar-refractivity contribution in [3.8, 4) is 0 Å². The second-order valence-corrected chi connectivity index (χ2v) is 9.58. The Bertz CT molecular complexity index is 706. The Morgan fingerprint density at radius 1 is 1.29 bits per heavy atom. The van der Waals surface area contributed by atoms with Crippen LogP contribution >= 0.6 is 34.9 Å². The van der Waals surface area contributed by atoms with Gasteiger partial charge in [-0.2, -0.15) is 0 Å². The van der Waals surface area contributed by atoms with E-state index in [2.05, 4.69) is 29.4 Å². The van der Waals surface area contributed by atoms with E-state index >= 15 is 0 Å². The van der Waals surface area contributed by atoms with Crippen LogP contribution in [0.5, 0.6) is 0 Å². The molecule has 2 aromatic rings. The van der Waals surface area contributed by atoms with Crippen LogP contribution < -0.4 is 5.32 Å². The molecule has 0 aliphatic carbocycles. The molecule has 0 radical (unpaired) electrons. The maximum atomic E-state index is 13.5. The molecule has 0 saturated heterocycles. The zero-order chi connectivity index (χ0) is 17.7. The molecule has 0 spiro atoms. The van der Waals surface area contributed by atoms with Crippen molar-refractivity contribution in [2.45, 2.75) is 41.6 Å². The second kappa shape index (κ2) is 8.82. The Morgan fingerprint density at radius 3 is 2.67 bits per heavy atom. The van der Waals surface area contributed by atoms with Crippen molar-refractivity contribution < 1.29 is 9.18 Å². The topological polar surface area (TPSA) is 54.9 Å². The van der Waals surface area contributed by atoms with Gasteiger partial charge in [-0.25, -0.2) is 4.39 Å². The van der Waals surface area contributed by atoms with Crippen LogP contribution in [0.1, 0.15) is 26.3 Å². The SMILES string of the molecule is Cc1ccc(NC(=O)[C@@H](C)Sc2nnc(SCC(C)C)s2)cc1F. The summed E-state index contributed by atoms with van der Waals surface area (Å²) >= 11 is 4.53. The van der Waals surface area contributed by atoms with E-state index < -0.39 is 0 Å². The molecule has 1 N–H and O–H groups in total. The Morgan fingerprint density at radius 2 is 2.00 bits per heavy atom. The Kier molecular flexibility index (Phi) is 7.06. The minimum absolute atomic E-state index is 0.185. The smallest absolute Gasteiger partial charge is 0.237 e. The van der Waals surface area contributed by atoms with Crippen LogP contribution in [0, 0.1) is 18.7 Å². The summed E-state index contributed by atoms with van der Waals surface area (Å²) in [5.41, 5.74) is 1.01. The molecule has 8 heteroatoms. The molecule has 2 rings (SSSR count). The number of benzene rings is 1. The molecular formula is C16H20FN3OS3. The molecule has 1 heterocycles. The third-order valence-corrected chi connectivity index (χ3v) is 6.68. The van der Waals surface area contributed by atoms with E-state index in [9.17, 15) is 9.18 Å². The van der Waals surface area contributed by atoms with Crippen LogP contribution in [-0.4, -0.2) is 27.1 Å². The lowest BCUT2D eigenvalue weighted by Crippen LogP contribution is -2.22. The van der Waals surface area contributed by atoms with Crippen molar-refractivity contribution in [1.29, 1.82) is 0 Å². The number of carbonyl (C=O) groups excluding carboxylic acids is 1. The molecule has 0 bridgehead atoms. The summed E-state index contributed by atoms with van der Waals surface area (Å²) in [7, 11) is 0. The molecule has 1 atom stereocenters. The number of hydrogen-bond donors (Lipinski definition) is 1. The van der Waals surface area contributed by atoms with Crippen LogP contribution in [-0.2, 0) is 4.79 Å². The third kappa shape index (κ3) is 5.75. The number of aromatic nitrogens is 2. The van der Waals surface area contributed by atoms with Gasteiger partial charge in [-0.15, -0.1) is 10.2 Å². The highest BCUT2D eigenvalue weighted by molar-refractivity contribution is 8.03. The molecule has 1 aromatic carbocycles. The summed E-state index contributed by atoms with van der Waals surface area (Å²) in [5, 5.41) is 10.6. The monoisotopic (exact) mass is 385 g/mol. The number of nitrogens with zero attached hydrogens (tertiary/aromatic N) is 2. The van der Waals surface area contributed by atoms with Gasteiger partial charge in [0.05, 0.1) is 5.25 Å². The Balaban J connectivity index is 1.90. The number of rotatable bonds is 7. The van der Waals surface area contributed by atoms with Crippen molar-refractivity contribution in [2.24, 2.45) is 5.92 Å². The summed E-state index contributed by atoms with van der Waals surface area (Å²) in [4.78, 5) is 12.2. The molecule has 1 amide bonds. The minimum atomic E-state index is -0.342. The van der Waals surface area contributed by atoms with Gasteiger partial charge >= 0.3 is 0 Å². The summed E-state index contributed by atoms with van der Waals surface area (Å²) < 4.78 is 15.2. The number of carbonyl (C=O) groups is 1. The standard InChI is InChI=1S/C16H20FN3OS3/c1-9(2)8-22-15-19-20-16(24-15)23-11(4)14(21)18-12-6-5-10(3)13(17)7-12/h5-7,9,11H,8H2,1-4H3,(H,18,21)/t11-/m1/s1. The summed E-state index contributed by atoms with van der Waals surface area (Å²) in [5.74, 6) is 1.07. The number of anilines is 1. The summed E-state index contributed by atoms with van der Waals surface area (Å²) in [6.45, 7) is 7.80. The second-order valence-electron chi connectivity index (χ2n) is 5.75. The molecule has 0 aliphatic heterocycles. The quantitative estimate of drug-likeness (QED) is 0.690. The van der Waals surface area contributed by atoms with E-state index in [1.165, 1.54) is 29.2 Å². The number of hydrogen-bond acceptors (Lipinski definition) is 6. The first-order valence-electron chi connectivity index (χ1n) is 7.55. The highest BCUT2D eigenvalue weighted by Gasteiger charge is 2.18. The minimum Gasteiger partial charge on any atom is -0.325 e. The predicted octanol–water partition coefficient (Wildman–Crippen LogP) is 4.85. The molecule has 0 fully saturated rings. The van der Waals surface area contributed by atoms with Crippen molar-refractivity contribution in [3.05, 3.63) is 29.6 Å². The first-order chi connectivity index (χ1) is 11.3. The Labute approximate surface area is 154 Å². The fraction of sp³-hybridized carbons (Fsp3) is 0.438. The lowest BCUT2D eigenvalue weighted by molar-refractivity contribution is -0.115. The third-order valence-electron chi connectivity index (χ3n) is 3.01. The summed E-state index contributed by atoms with van der Waals surface area (Å²) in [6.07, 6.45) is 0. The number of halogens is 1. The first-order valence-corrected chi connectivity index (χ1v) is 10.2. The number of thioether (sulfide) groups is 2. The fourth-order valence-electron chi connectivity index (χ4n) is 1.66. The van der Waals surface area contributed by atoms with E-state index in [0.717, 1.165) is 14.4 Å².